The van der Waals surface area contributed by atoms with Crippen LogP contribution >= 0.6 is 11.3 Å². The van der Waals surface area contributed by atoms with E-state index in [2.05, 4.69) is 11.0 Å². The minimum atomic E-state index is 0.139. The van der Waals surface area contributed by atoms with Gasteiger partial charge >= 0.3 is 0 Å². The van der Waals surface area contributed by atoms with Crippen LogP contribution in [0.3, 0.4) is 0 Å². The summed E-state index contributed by atoms with van der Waals surface area (Å²) in [7, 11) is 0. The predicted molar refractivity (Wildman–Crippen MR) is 66.9 cm³/mol. The fraction of sp³-hybridized carbons (Fsp3) is 0.500. The molecule has 4 nitrogen and oxygen atoms in total. The van der Waals surface area contributed by atoms with Gasteiger partial charge in [-0.25, -0.2) is 0 Å². The molecule has 1 aromatic rings. The molecule has 0 atom stereocenters. The van der Waals surface area contributed by atoms with Gasteiger partial charge in [-0.05, 0) is 11.4 Å². The van der Waals surface area contributed by atoms with Gasteiger partial charge in [0.2, 0.25) is 0 Å². The van der Waals surface area contributed by atoms with Crippen molar-refractivity contribution in [2.75, 3.05) is 32.7 Å². The molecule has 1 amide bonds. The van der Waals surface area contributed by atoms with Crippen LogP contribution in [0, 0.1) is 11.3 Å². The second-order valence-corrected chi connectivity index (χ2v) is 4.97. The van der Waals surface area contributed by atoms with E-state index in [-0.39, 0.29) is 5.91 Å². The number of hydrogen-bond donors (Lipinski definition) is 0. The highest BCUT2D eigenvalue weighted by molar-refractivity contribution is 7.12. The van der Waals surface area contributed by atoms with Crippen molar-refractivity contribution in [1.82, 2.24) is 9.80 Å². The number of rotatable bonds is 3. The topological polar surface area (TPSA) is 47.3 Å². The van der Waals surface area contributed by atoms with Crippen molar-refractivity contribution in [3.8, 4) is 6.07 Å². The van der Waals surface area contributed by atoms with E-state index < -0.39 is 0 Å². The molecule has 1 aliphatic heterocycles. The summed E-state index contributed by atoms with van der Waals surface area (Å²) in [5.74, 6) is 0.139. The Morgan fingerprint density at radius 3 is 2.76 bits per heavy atom. The van der Waals surface area contributed by atoms with Crippen LogP contribution in [0.15, 0.2) is 17.5 Å². The molecule has 90 valence electrons. The first-order chi connectivity index (χ1) is 8.31. The fourth-order valence-electron chi connectivity index (χ4n) is 1.94. The highest BCUT2D eigenvalue weighted by atomic mass is 32.1. The quantitative estimate of drug-likeness (QED) is 0.814. The number of hydrogen-bond acceptors (Lipinski definition) is 4. The van der Waals surface area contributed by atoms with Crippen LogP contribution in [-0.2, 0) is 0 Å². The molecule has 1 aromatic heterocycles. The van der Waals surface area contributed by atoms with E-state index in [1.54, 1.807) is 0 Å². The lowest BCUT2D eigenvalue weighted by Gasteiger charge is -2.34. The summed E-state index contributed by atoms with van der Waals surface area (Å²) in [6.45, 7) is 4.10. The molecule has 17 heavy (non-hydrogen) atoms. The Morgan fingerprint density at radius 2 is 2.18 bits per heavy atom. The summed E-state index contributed by atoms with van der Waals surface area (Å²) in [5.41, 5.74) is 0. The Balaban J connectivity index is 1.83. The summed E-state index contributed by atoms with van der Waals surface area (Å²) in [4.78, 5) is 17.0. The van der Waals surface area contributed by atoms with Gasteiger partial charge in [-0.2, -0.15) is 5.26 Å². The molecule has 0 radical (unpaired) electrons. The van der Waals surface area contributed by atoms with Gasteiger partial charge in [0.15, 0.2) is 0 Å². The van der Waals surface area contributed by atoms with Gasteiger partial charge in [0.25, 0.3) is 5.91 Å². The number of carbonyl (C=O) groups excluding carboxylic acids is 1. The molecule has 1 saturated heterocycles. The summed E-state index contributed by atoms with van der Waals surface area (Å²) in [6, 6.07) is 5.92. The first kappa shape index (κ1) is 12.1. The van der Waals surface area contributed by atoms with Gasteiger partial charge in [-0.15, -0.1) is 11.3 Å². The standard InChI is InChI=1S/C12H15N3OS/c13-4-2-5-14-6-8-15(9-7-14)12(16)11-3-1-10-17-11/h1,3,10H,2,5-9H2. The van der Waals surface area contributed by atoms with Crippen molar-refractivity contribution < 1.29 is 4.79 Å². The largest absolute Gasteiger partial charge is 0.335 e. The zero-order valence-electron chi connectivity index (χ0n) is 9.63. The van der Waals surface area contributed by atoms with Crippen LogP contribution < -0.4 is 0 Å². The Bertz CT molecular complexity index is 402. The van der Waals surface area contributed by atoms with Crippen LogP contribution in [0.5, 0.6) is 0 Å². The van der Waals surface area contributed by atoms with E-state index in [1.807, 2.05) is 22.4 Å². The van der Waals surface area contributed by atoms with Crippen molar-refractivity contribution in [2.24, 2.45) is 0 Å². The van der Waals surface area contributed by atoms with Gasteiger partial charge in [-0.1, -0.05) is 6.07 Å². The second kappa shape index (κ2) is 5.80. The Kier molecular flexibility index (Phi) is 4.13. The molecule has 5 heteroatoms. The zero-order chi connectivity index (χ0) is 12.1. The molecule has 0 spiro atoms. The third-order valence-electron chi connectivity index (χ3n) is 2.93. The molecule has 2 heterocycles. The highest BCUT2D eigenvalue weighted by Crippen LogP contribution is 2.13. The Hall–Kier alpha value is -1.38. The average molecular weight is 249 g/mol. The molecule has 0 saturated carbocycles. The molecule has 0 N–H and O–H groups in total. The number of piperazine rings is 1. The molecular weight excluding hydrogens is 234 g/mol. The van der Waals surface area contributed by atoms with Crippen LogP contribution in [0.25, 0.3) is 0 Å². The Morgan fingerprint density at radius 1 is 1.41 bits per heavy atom. The number of nitrogens with zero attached hydrogens (tertiary/aromatic N) is 3. The third-order valence-corrected chi connectivity index (χ3v) is 3.79. The maximum absolute atomic E-state index is 12.0. The molecular formula is C12H15N3OS. The minimum absolute atomic E-state index is 0.139. The van der Waals surface area contributed by atoms with Crippen LogP contribution in [-0.4, -0.2) is 48.4 Å². The van der Waals surface area contributed by atoms with Gasteiger partial charge in [-0.3, -0.25) is 9.69 Å². The average Bonchev–Trinajstić information content (AvgIpc) is 2.90. The van der Waals surface area contributed by atoms with E-state index in [4.69, 9.17) is 5.26 Å². The van der Waals surface area contributed by atoms with Crippen LogP contribution in [0.4, 0.5) is 0 Å². The lowest BCUT2D eigenvalue weighted by Crippen LogP contribution is -2.48. The molecule has 0 aliphatic carbocycles. The van der Waals surface area contributed by atoms with E-state index in [0.717, 1.165) is 37.6 Å². The normalized spacial score (nSPS) is 16.8. The SMILES string of the molecule is N#CCCN1CCN(C(=O)c2cccs2)CC1. The van der Waals surface area contributed by atoms with Gasteiger partial charge in [0.1, 0.15) is 0 Å². The number of carbonyl (C=O) groups is 1. The lowest BCUT2D eigenvalue weighted by atomic mass is 10.2. The smallest absolute Gasteiger partial charge is 0.264 e. The fourth-order valence-corrected chi connectivity index (χ4v) is 2.63. The van der Waals surface area contributed by atoms with Gasteiger partial charge < -0.3 is 4.90 Å². The zero-order valence-corrected chi connectivity index (χ0v) is 10.4. The van der Waals surface area contributed by atoms with Crippen molar-refractivity contribution in [1.29, 1.82) is 5.26 Å². The first-order valence-electron chi connectivity index (χ1n) is 5.73. The van der Waals surface area contributed by atoms with Crippen molar-refractivity contribution in [3.63, 3.8) is 0 Å². The van der Waals surface area contributed by atoms with Crippen LogP contribution in [0.1, 0.15) is 16.1 Å². The molecule has 0 bridgehead atoms. The maximum atomic E-state index is 12.0. The number of amides is 1. The molecule has 2 rings (SSSR count). The van der Waals surface area contributed by atoms with E-state index in [9.17, 15) is 4.79 Å². The summed E-state index contributed by atoms with van der Waals surface area (Å²) >= 11 is 1.49. The van der Waals surface area contributed by atoms with E-state index >= 15 is 0 Å². The Labute approximate surface area is 105 Å². The highest BCUT2D eigenvalue weighted by Gasteiger charge is 2.22. The predicted octanol–water partition coefficient (Wildman–Crippen LogP) is 1.42. The summed E-state index contributed by atoms with van der Waals surface area (Å²) in [5, 5.41) is 10.4. The number of nitriles is 1. The van der Waals surface area contributed by atoms with Crippen LogP contribution in [0.2, 0.25) is 0 Å². The van der Waals surface area contributed by atoms with Crippen molar-refractivity contribution in [3.05, 3.63) is 22.4 Å². The lowest BCUT2D eigenvalue weighted by molar-refractivity contribution is 0.0644. The van der Waals surface area contributed by atoms with Crippen molar-refractivity contribution in [2.45, 2.75) is 6.42 Å². The second-order valence-electron chi connectivity index (χ2n) is 4.02. The minimum Gasteiger partial charge on any atom is -0.335 e. The summed E-state index contributed by atoms with van der Waals surface area (Å²) < 4.78 is 0. The molecule has 1 aliphatic rings. The van der Waals surface area contributed by atoms with E-state index in [0.29, 0.717) is 6.42 Å². The van der Waals surface area contributed by atoms with E-state index in [1.165, 1.54) is 11.3 Å². The molecule has 1 fully saturated rings. The maximum Gasteiger partial charge on any atom is 0.264 e. The monoisotopic (exact) mass is 249 g/mol. The van der Waals surface area contributed by atoms with Crippen molar-refractivity contribution >= 4 is 17.2 Å². The first-order valence-corrected chi connectivity index (χ1v) is 6.61. The molecule has 0 unspecified atom stereocenters. The van der Waals surface area contributed by atoms with Gasteiger partial charge in [0, 0.05) is 39.1 Å². The van der Waals surface area contributed by atoms with Gasteiger partial charge in [0.05, 0.1) is 10.9 Å². The third kappa shape index (κ3) is 3.05. The summed E-state index contributed by atoms with van der Waals surface area (Å²) in [6.07, 6.45) is 0.568. The molecule has 0 aromatic carbocycles. The number of thiophene rings is 1.